The molecule has 1 aliphatic carbocycles. The zero-order valence-electron chi connectivity index (χ0n) is 11.8. The summed E-state index contributed by atoms with van der Waals surface area (Å²) in [5.74, 6) is 0.804. The van der Waals surface area contributed by atoms with Crippen molar-refractivity contribution in [3.8, 4) is 0 Å². The number of rotatable bonds is 7. The van der Waals surface area contributed by atoms with E-state index in [9.17, 15) is 5.11 Å². The van der Waals surface area contributed by atoms with E-state index < -0.39 is 0 Å². The van der Waals surface area contributed by atoms with E-state index in [2.05, 4.69) is 12.2 Å². The van der Waals surface area contributed by atoms with Crippen molar-refractivity contribution in [2.24, 2.45) is 5.92 Å². The average Bonchev–Trinajstić information content (AvgIpc) is 2.77. The summed E-state index contributed by atoms with van der Waals surface area (Å²) < 4.78 is 4.90. The number of nitrogens with one attached hydrogen (secondary N) is 1. The van der Waals surface area contributed by atoms with E-state index in [0.29, 0.717) is 6.61 Å². The number of fused-ring (bicyclic) bond motifs is 1. The molecule has 2 unspecified atom stereocenters. The third kappa shape index (κ3) is 4.53. The van der Waals surface area contributed by atoms with Crippen molar-refractivity contribution in [3.05, 3.63) is 15.6 Å². The SMILES string of the molecule is COCC(O)CCNCc1nc2c(s1)CC(C)CC2. The summed E-state index contributed by atoms with van der Waals surface area (Å²) in [4.78, 5) is 6.19. The predicted octanol–water partition coefficient (Wildman–Crippen LogP) is 1.75. The van der Waals surface area contributed by atoms with Gasteiger partial charge in [0.15, 0.2) is 0 Å². The Hall–Kier alpha value is -0.490. The van der Waals surface area contributed by atoms with Gasteiger partial charge >= 0.3 is 0 Å². The fourth-order valence-corrected chi connectivity index (χ4v) is 3.66. The Balaban J connectivity index is 1.72. The highest BCUT2D eigenvalue weighted by Gasteiger charge is 2.19. The van der Waals surface area contributed by atoms with Gasteiger partial charge in [-0.1, -0.05) is 6.92 Å². The summed E-state index contributed by atoms with van der Waals surface area (Å²) in [5, 5.41) is 14.1. The van der Waals surface area contributed by atoms with Gasteiger partial charge in [0.2, 0.25) is 0 Å². The molecular weight excluding hydrogens is 260 g/mol. The molecule has 0 aliphatic heterocycles. The van der Waals surface area contributed by atoms with E-state index in [4.69, 9.17) is 9.72 Å². The highest BCUT2D eigenvalue weighted by Crippen LogP contribution is 2.29. The molecule has 2 N–H and O–H groups in total. The minimum Gasteiger partial charge on any atom is -0.391 e. The smallest absolute Gasteiger partial charge is 0.107 e. The van der Waals surface area contributed by atoms with Crippen molar-refractivity contribution in [1.29, 1.82) is 0 Å². The first-order valence-electron chi connectivity index (χ1n) is 7.04. The van der Waals surface area contributed by atoms with Crippen LogP contribution >= 0.6 is 11.3 Å². The van der Waals surface area contributed by atoms with Gasteiger partial charge in [-0.3, -0.25) is 0 Å². The van der Waals surface area contributed by atoms with Crippen LogP contribution in [0, 0.1) is 5.92 Å². The highest BCUT2D eigenvalue weighted by molar-refractivity contribution is 7.11. The van der Waals surface area contributed by atoms with Gasteiger partial charge < -0.3 is 15.2 Å². The fourth-order valence-electron chi connectivity index (χ4n) is 2.41. The Morgan fingerprint density at radius 3 is 3.21 bits per heavy atom. The fraction of sp³-hybridized carbons (Fsp3) is 0.786. The van der Waals surface area contributed by atoms with Crippen molar-refractivity contribution >= 4 is 11.3 Å². The molecule has 0 aromatic carbocycles. The minimum absolute atomic E-state index is 0.372. The Morgan fingerprint density at radius 2 is 2.42 bits per heavy atom. The van der Waals surface area contributed by atoms with Gasteiger partial charge in [0.25, 0.3) is 0 Å². The van der Waals surface area contributed by atoms with E-state index in [0.717, 1.165) is 31.8 Å². The molecule has 0 amide bonds. The van der Waals surface area contributed by atoms with Gasteiger partial charge in [-0.25, -0.2) is 4.98 Å². The van der Waals surface area contributed by atoms with Crippen LogP contribution in [0.1, 0.15) is 35.3 Å². The molecule has 0 saturated carbocycles. The summed E-state index contributed by atoms with van der Waals surface area (Å²) in [7, 11) is 1.61. The summed E-state index contributed by atoms with van der Waals surface area (Å²) in [6, 6.07) is 0. The Bertz CT molecular complexity index is 395. The Labute approximate surface area is 119 Å². The zero-order chi connectivity index (χ0) is 13.7. The summed E-state index contributed by atoms with van der Waals surface area (Å²) in [6.45, 7) is 4.33. The number of aromatic nitrogens is 1. The number of ether oxygens (including phenoxy) is 1. The van der Waals surface area contributed by atoms with Crippen molar-refractivity contribution in [1.82, 2.24) is 10.3 Å². The largest absolute Gasteiger partial charge is 0.391 e. The third-order valence-corrected chi connectivity index (χ3v) is 4.64. The minimum atomic E-state index is -0.372. The second-order valence-corrected chi connectivity index (χ2v) is 6.57. The molecule has 1 aromatic heterocycles. The van der Waals surface area contributed by atoms with Crippen LogP contribution in [0.2, 0.25) is 0 Å². The van der Waals surface area contributed by atoms with Gasteiger partial charge in [0.1, 0.15) is 5.01 Å². The van der Waals surface area contributed by atoms with Crippen molar-refractivity contribution in [2.45, 2.75) is 45.3 Å². The lowest BCUT2D eigenvalue weighted by Gasteiger charge is -2.15. The number of hydrogen-bond acceptors (Lipinski definition) is 5. The van der Waals surface area contributed by atoms with E-state index in [1.54, 1.807) is 7.11 Å². The van der Waals surface area contributed by atoms with Crippen LogP contribution in [-0.4, -0.2) is 36.5 Å². The first-order valence-corrected chi connectivity index (χ1v) is 7.86. The van der Waals surface area contributed by atoms with Gasteiger partial charge in [-0.2, -0.15) is 0 Å². The van der Waals surface area contributed by atoms with Crippen LogP contribution in [0.4, 0.5) is 0 Å². The standard InChI is InChI=1S/C14H24N2O2S/c1-10-3-4-12-13(7-10)19-14(16-12)8-15-6-5-11(17)9-18-2/h10-11,15,17H,3-9H2,1-2H3. The van der Waals surface area contributed by atoms with Gasteiger partial charge in [-0.15, -0.1) is 11.3 Å². The maximum absolute atomic E-state index is 9.53. The zero-order valence-corrected chi connectivity index (χ0v) is 12.6. The van der Waals surface area contributed by atoms with E-state index in [-0.39, 0.29) is 6.10 Å². The molecule has 5 heteroatoms. The third-order valence-electron chi connectivity index (χ3n) is 3.52. The monoisotopic (exact) mass is 284 g/mol. The molecule has 0 bridgehead atoms. The van der Waals surface area contributed by atoms with Gasteiger partial charge in [0, 0.05) is 18.5 Å². The highest BCUT2D eigenvalue weighted by atomic mass is 32.1. The molecule has 1 aliphatic rings. The molecule has 0 radical (unpaired) electrons. The number of nitrogens with zero attached hydrogens (tertiary/aromatic N) is 1. The van der Waals surface area contributed by atoms with Crippen LogP contribution in [0.25, 0.3) is 0 Å². The first kappa shape index (κ1) is 14.9. The maximum Gasteiger partial charge on any atom is 0.107 e. The van der Waals surface area contributed by atoms with Crippen molar-refractivity contribution < 1.29 is 9.84 Å². The molecule has 19 heavy (non-hydrogen) atoms. The number of aryl methyl sites for hydroxylation is 1. The van der Waals surface area contributed by atoms with Crippen molar-refractivity contribution in [3.63, 3.8) is 0 Å². The number of hydrogen-bond donors (Lipinski definition) is 2. The van der Waals surface area contributed by atoms with E-state index >= 15 is 0 Å². The molecule has 2 atom stereocenters. The van der Waals surface area contributed by atoms with E-state index in [1.165, 1.54) is 28.4 Å². The quantitative estimate of drug-likeness (QED) is 0.749. The van der Waals surface area contributed by atoms with E-state index in [1.807, 2.05) is 11.3 Å². The average molecular weight is 284 g/mol. The Kier molecular flexibility index (Phi) is 5.76. The summed E-state index contributed by atoms with van der Waals surface area (Å²) >= 11 is 1.85. The van der Waals surface area contributed by atoms with Crippen LogP contribution in [0.3, 0.4) is 0 Å². The lowest BCUT2D eigenvalue weighted by molar-refractivity contribution is 0.0594. The lowest BCUT2D eigenvalue weighted by atomic mass is 9.93. The molecular formula is C14H24N2O2S. The number of aliphatic hydroxyl groups is 1. The second kappa shape index (κ2) is 7.33. The number of thiazole rings is 1. The molecule has 108 valence electrons. The normalized spacial score (nSPS) is 20.3. The topological polar surface area (TPSA) is 54.4 Å². The summed E-state index contributed by atoms with van der Waals surface area (Å²) in [5.41, 5.74) is 1.32. The maximum atomic E-state index is 9.53. The molecule has 1 heterocycles. The molecule has 0 spiro atoms. The number of methoxy groups -OCH3 is 1. The van der Waals surface area contributed by atoms with Crippen LogP contribution in [0.15, 0.2) is 0 Å². The van der Waals surface area contributed by atoms with Crippen LogP contribution in [-0.2, 0) is 24.1 Å². The molecule has 1 aromatic rings. The van der Waals surface area contributed by atoms with Crippen LogP contribution in [0.5, 0.6) is 0 Å². The van der Waals surface area contributed by atoms with Crippen LogP contribution < -0.4 is 5.32 Å². The predicted molar refractivity (Wildman–Crippen MR) is 77.5 cm³/mol. The lowest BCUT2D eigenvalue weighted by Crippen LogP contribution is -2.22. The second-order valence-electron chi connectivity index (χ2n) is 5.40. The molecule has 2 rings (SSSR count). The molecule has 0 fully saturated rings. The van der Waals surface area contributed by atoms with Crippen molar-refractivity contribution in [2.75, 3.05) is 20.3 Å². The first-order chi connectivity index (χ1) is 9.19. The van der Waals surface area contributed by atoms with Gasteiger partial charge in [-0.05, 0) is 38.1 Å². The molecule has 0 saturated heterocycles. The Morgan fingerprint density at radius 1 is 1.58 bits per heavy atom. The summed E-state index contributed by atoms with van der Waals surface area (Å²) in [6.07, 6.45) is 3.95. The number of aliphatic hydroxyl groups excluding tert-OH is 1. The van der Waals surface area contributed by atoms with Gasteiger partial charge in [0.05, 0.1) is 18.4 Å². The molecule has 4 nitrogen and oxygen atoms in total.